The second kappa shape index (κ2) is 8.51. The van der Waals surface area contributed by atoms with Crippen LogP contribution in [0.1, 0.15) is 12.8 Å². The Morgan fingerprint density at radius 1 is 1.41 bits per heavy atom. The van der Waals surface area contributed by atoms with Crippen LogP contribution in [0.25, 0.3) is 0 Å². The number of halogens is 1. The van der Waals surface area contributed by atoms with Crippen LogP contribution >= 0.6 is 35.9 Å². The van der Waals surface area contributed by atoms with Crippen molar-refractivity contribution in [2.45, 2.75) is 18.1 Å². The largest absolute Gasteiger partial charge is 0.355 e. The highest BCUT2D eigenvalue weighted by molar-refractivity contribution is 8.06. The first-order valence-corrected chi connectivity index (χ1v) is 8.21. The maximum Gasteiger partial charge on any atom is 0.220 e. The molecule has 0 aromatic rings. The molecule has 0 aromatic heterocycles. The van der Waals surface area contributed by atoms with Crippen molar-refractivity contribution in [3.63, 3.8) is 0 Å². The molecule has 2 N–H and O–H groups in total. The highest BCUT2D eigenvalue weighted by Gasteiger charge is 2.19. The monoisotopic (exact) mass is 296 g/mol. The summed E-state index contributed by atoms with van der Waals surface area (Å²) in [4.78, 5) is 11.7. The molecule has 2 rings (SSSR count). The van der Waals surface area contributed by atoms with Crippen LogP contribution in [0.4, 0.5) is 0 Å². The minimum Gasteiger partial charge on any atom is -0.355 e. The Kier molecular flexibility index (Phi) is 7.75. The molecular weight excluding hydrogens is 276 g/mol. The second-order valence-electron chi connectivity index (χ2n) is 4.43. The van der Waals surface area contributed by atoms with Gasteiger partial charge in [0.25, 0.3) is 0 Å². The molecule has 0 radical (unpaired) electrons. The minimum atomic E-state index is 0. The number of carbonyl (C=O) groups is 1. The fourth-order valence-corrected chi connectivity index (χ4v) is 4.72. The van der Waals surface area contributed by atoms with E-state index >= 15 is 0 Å². The van der Waals surface area contributed by atoms with Crippen molar-refractivity contribution in [2.24, 2.45) is 5.92 Å². The zero-order valence-electron chi connectivity index (χ0n) is 9.94. The summed E-state index contributed by atoms with van der Waals surface area (Å²) in [7, 11) is 0. The van der Waals surface area contributed by atoms with Crippen molar-refractivity contribution in [1.82, 2.24) is 10.6 Å². The molecule has 2 unspecified atom stereocenters. The molecule has 6 heteroatoms. The summed E-state index contributed by atoms with van der Waals surface area (Å²) < 4.78 is 0. The average Bonchev–Trinajstić information content (AvgIpc) is 2.81. The second-order valence-corrected chi connectivity index (χ2v) is 6.99. The number of amides is 1. The van der Waals surface area contributed by atoms with Gasteiger partial charge in [0.2, 0.25) is 5.91 Å². The van der Waals surface area contributed by atoms with Gasteiger partial charge >= 0.3 is 0 Å². The van der Waals surface area contributed by atoms with Crippen molar-refractivity contribution in [3.8, 4) is 0 Å². The van der Waals surface area contributed by atoms with Gasteiger partial charge in [0.15, 0.2) is 0 Å². The molecule has 0 spiro atoms. The maximum absolute atomic E-state index is 11.7. The molecule has 3 nitrogen and oxygen atoms in total. The topological polar surface area (TPSA) is 41.1 Å². The molecule has 0 saturated carbocycles. The molecule has 0 bridgehead atoms. The van der Waals surface area contributed by atoms with Crippen LogP contribution in [0.3, 0.4) is 0 Å². The third kappa shape index (κ3) is 5.73. The fraction of sp³-hybridized carbons (Fsp3) is 0.909. The van der Waals surface area contributed by atoms with Crippen LogP contribution < -0.4 is 10.6 Å². The standard InChI is InChI=1S/C11H20N2OS2.ClH/c14-11(5-9-1-2-12-6-9)13-7-10-8-15-3-4-16-10;/h9-10,12H,1-8H2,(H,13,14);1H. The van der Waals surface area contributed by atoms with Gasteiger partial charge < -0.3 is 10.6 Å². The third-order valence-electron chi connectivity index (χ3n) is 3.05. The van der Waals surface area contributed by atoms with Gasteiger partial charge in [-0.25, -0.2) is 0 Å². The molecule has 0 aliphatic carbocycles. The van der Waals surface area contributed by atoms with E-state index in [1.165, 1.54) is 17.3 Å². The van der Waals surface area contributed by atoms with E-state index in [2.05, 4.69) is 10.6 Å². The van der Waals surface area contributed by atoms with E-state index < -0.39 is 0 Å². The summed E-state index contributed by atoms with van der Waals surface area (Å²) in [6, 6.07) is 0. The Labute approximate surface area is 118 Å². The summed E-state index contributed by atoms with van der Waals surface area (Å²) in [5.41, 5.74) is 0. The number of carbonyl (C=O) groups excluding carboxylic acids is 1. The maximum atomic E-state index is 11.7. The van der Waals surface area contributed by atoms with Gasteiger partial charge in [-0.3, -0.25) is 4.79 Å². The van der Waals surface area contributed by atoms with Crippen LogP contribution in [-0.4, -0.2) is 48.0 Å². The lowest BCUT2D eigenvalue weighted by Gasteiger charge is -2.21. The predicted octanol–water partition coefficient (Wildman–Crippen LogP) is 1.37. The molecule has 1 amide bonds. The Morgan fingerprint density at radius 3 is 2.94 bits per heavy atom. The SMILES string of the molecule is Cl.O=C(CC1CCNC1)NCC1CSCCS1. The summed E-state index contributed by atoms with van der Waals surface area (Å²) in [6.07, 6.45) is 1.86. The van der Waals surface area contributed by atoms with Crippen LogP contribution in [0.5, 0.6) is 0 Å². The lowest BCUT2D eigenvalue weighted by molar-refractivity contribution is -0.121. The molecule has 2 aliphatic heterocycles. The summed E-state index contributed by atoms with van der Waals surface area (Å²) in [5.74, 6) is 4.49. The van der Waals surface area contributed by atoms with Crippen LogP contribution in [0.15, 0.2) is 0 Å². The molecule has 0 aromatic carbocycles. The van der Waals surface area contributed by atoms with Crippen molar-refractivity contribution in [3.05, 3.63) is 0 Å². The van der Waals surface area contributed by atoms with E-state index in [-0.39, 0.29) is 18.3 Å². The molecule has 100 valence electrons. The molecule has 2 aliphatic rings. The fourth-order valence-electron chi connectivity index (χ4n) is 2.11. The van der Waals surface area contributed by atoms with Crippen molar-refractivity contribution in [2.75, 3.05) is 36.9 Å². The first kappa shape index (κ1) is 15.5. The van der Waals surface area contributed by atoms with E-state index in [1.807, 2.05) is 23.5 Å². The van der Waals surface area contributed by atoms with Gasteiger partial charge in [0, 0.05) is 35.5 Å². The first-order chi connectivity index (χ1) is 7.84. The van der Waals surface area contributed by atoms with E-state index in [4.69, 9.17) is 0 Å². The zero-order valence-corrected chi connectivity index (χ0v) is 12.4. The molecule has 2 atom stereocenters. The summed E-state index contributed by atoms with van der Waals surface area (Å²) in [6.45, 7) is 2.95. The molecule has 2 fully saturated rings. The zero-order chi connectivity index (χ0) is 11.2. The van der Waals surface area contributed by atoms with Crippen LogP contribution in [0, 0.1) is 5.92 Å². The smallest absolute Gasteiger partial charge is 0.220 e. The Morgan fingerprint density at radius 2 is 2.29 bits per heavy atom. The Hall–Kier alpha value is 0.420. The highest BCUT2D eigenvalue weighted by atomic mass is 35.5. The van der Waals surface area contributed by atoms with Gasteiger partial charge in [-0.2, -0.15) is 23.5 Å². The van der Waals surface area contributed by atoms with Crippen molar-refractivity contribution < 1.29 is 4.79 Å². The minimum absolute atomic E-state index is 0. The molecule has 2 heterocycles. The van der Waals surface area contributed by atoms with E-state index in [0.29, 0.717) is 17.6 Å². The van der Waals surface area contributed by atoms with Gasteiger partial charge in [-0.05, 0) is 25.4 Å². The Balaban J connectivity index is 0.00000144. The average molecular weight is 297 g/mol. The molecule has 17 heavy (non-hydrogen) atoms. The number of hydrogen-bond acceptors (Lipinski definition) is 4. The van der Waals surface area contributed by atoms with Crippen molar-refractivity contribution in [1.29, 1.82) is 0 Å². The number of nitrogens with one attached hydrogen (secondary N) is 2. The van der Waals surface area contributed by atoms with Gasteiger partial charge in [0.1, 0.15) is 0 Å². The normalized spacial score (nSPS) is 28.5. The van der Waals surface area contributed by atoms with E-state index in [1.54, 1.807) is 0 Å². The lowest BCUT2D eigenvalue weighted by Crippen LogP contribution is -2.34. The van der Waals surface area contributed by atoms with Gasteiger partial charge in [0.05, 0.1) is 0 Å². The highest BCUT2D eigenvalue weighted by Crippen LogP contribution is 2.23. The summed E-state index contributed by atoms with van der Waals surface area (Å²) in [5, 5.41) is 7.00. The predicted molar refractivity (Wildman–Crippen MR) is 79.4 cm³/mol. The lowest BCUT2D eigenvalue weighted by atomic mass is 10.0. The Bertz CT molecular complexity index is 232. The van der Waals surface area contributed by atoms with Crippen LogP contribution in [-0.2, 0) is 4.79 Å². The first-order valence-electron chi connectivity index (χ1n) is 6.01. The number of thioether (sulfide) groups is 2. The molecule has 2 saturated heterocycles. The third-order valence-corrected chi connectivity index (χ3v) is 5.89. The van der Waals surface area contributed by atoms with Gasteiger partial charge in [-0.1, -0.05) is 0 Å². The quantitative estimate of drug-likeness (QED) is 0.822. The molecular formula is C11H21ClN2OS2. The van der Waals surface area contributed by atoms with Crippen molar-refractivity contribution >= 4 is 41.8 Å². The van der Waals surface area contributed by atoms with Gasteiger partial charge in [-0.15, -0.1) is 12.4 Å². The number of hydrogen-bond donors (Lipinski definition) is 2. The van der Waals surface area contributed by atoms with E-state index in [0.717, 1.165) is 26.1 Å². The summed E-state index contributed by atoms with van der Waals surface area (Å²) >= 11 is 4.01. The van der Waals surface area contributed by atoms with Crippen LogP contribution in [0.2, 0.25) is 0 Å². The number of rotatable bonds is 4. The van der Waals surface area contributed by atoms with E-state index in [9.17, 15) is 4.79 Å².